The summed E-state index contributed by atoms with van der Waals surface area (Å²) in [4.78, 5) is 4.14. The third kappa shape index (κ3) is 2.41. The summed E-state index contributed by atoms with van der Waals surface area (Å²) in [6.45, 7) is 5.98. The molecule has 3 heteroatoms. The van der Waals surface area contributed by atoms with Crippen LogP contribution in [0.15, 0.2) is 10.6 Å². The summed E-state index contributed by atoms with van der Waals surface area (Å²) >= 11 is 1.97. The lowest BCUT2D eigenvalue weighted by atomic mass is 10.1. The summed E-state index contributed by atoms with van der Waals surface area (Å²) in [5.41, 5.74) is 1.40. The first-order valence-electron chi connectivity index (χ1n) is 5.15. The summed E-state index contributed by atoms with van der Waals surface area (Å²) in [7, 11) is 0. The summed E-state index contributed by atoms with van der Waals surface area (Å²) in [6, 6.07) is 0. The molecule has 1 N–H and O–H groups in total. The zero-order chi connectivity index (χ0) is 9.10. The molecule has 0 amide bonds. The molecule has 1 fully saturated rings. The lowest BCUT2D eigenvalue weighted by molar-refractivity contribution is 0.250. The number of hydrogen-bond acceptors (Lipinski definition) is 3. The van der Waals surface area contributed by atoms with Gasteiger partial charge in [-0.3, -0.25) is 4.90 Å². The van der Waals surface area contributed by atoms with Gasteiger partial charge in [-0.1, -0.05) is 6.42 Å². The molecule has 2 heterocycles. The maximum Gasteiger partial charge on any atom is 0.0652 e. The molecule has 0 aromatic carbocycles. The molecule has 0 unspecified atom stereocenters. The van der Waals surface area contributed by atoms with Gasteiger partial charge in [0.15, 0.2) is 0 Å². The van der Waals surface area contributed by atoms with Crippen LogP contribution in [0.1, 0.15) is 26.2 Å². The van der Waals surface area contributed by atoms with Crippen LogP contribution in [0.5, 0.6) is 0 Å². The second kappa shape index (κ2) is 4.38. The molecule has 0 aliphatic carbocycles. The summed E-state index contributed by atoms with van der Waals surface area (Å²) in [5, 5.41) is 3.38. The smallest absolute Gasteiger partial charge is 0.0652 e. The van der Waals surface area contributed by atoms with Crippen molar-refractivity contribution in [3.8, 4) is 0 Å². The summed E-state index contributed by atoms with van der Waals surface area (Å²) in [5.74, 6) is 1.08. The van der Waals surface area contributed by atoms with E-state index in [1.807, 2.05) is 11.8 Å². The topological polar surface area (TPSA) is 15.3 Å². The Morgan fingerprint density at radius 3 is 2.69 bits per heavy atom. The van der Waals surface area contributed by atoms with Gasteiger partial charge in [0.2, 0.25) is 0 Å². The van der Waals surface area contributed by atoms with Crippen LogP contribution in [0, 0.1) is 0 Å². The van der Waals surface area contributed by atoms with Gasteiger partial charge in [0.25, 0.3) is 0 Å². The fourth-order valence-electron chi connectivity index (χ4n) is 1.92. The third-order valence-corrected chi connectivity index (χ3v) is 3.89. The van der Waals surface area contributed by atoms with Crippen molar-refractivity contribution in [1.82, 2.24) is 10.2 Å². The second-order valence-corrected chi connectivity index (χ2v) is 4.92. The molecule has 2 rings (SSSR count). The van der Waals surface area contributed by atoms with E-state index in [2.05, 4.69) is 17.1 Å². The van der Waals surface area contributed by atoms with E-state index >= 15 is 0 Å². The number of piperidine rings is 1. The monoisotopic (exact) mass is 198 g/mol. The van der Waals surface area contributed by atoms with Crippen molar-refractivity contribution in [2.75, 3.05) is 25.5 Å². The fourth-order valence-corrected chi connectivity index (χ4v) is 2.95. The molecule has 0 aromatic heterocycles. The lowest BCUT2D eigenvalue weighted by Crippen LogP contribution is -2.31. The van der Waals surface area contributed by atoms with Gasteiger partial charge in [-0.25, -0.2) is 0 Å². The van der Waals surface area contributed by atoms with Gasteiger partial charge in [0.05, 0.1) is 5.88 Å². The van der Waals surface area contributed by atoms with Crippen molar-refractivity contribution in [3.05, 3.63) is 10.6 Å². The van der Waals surface area contributed by atoms with Crippen molar-refractivity contribution >= 4 is 11.8 Å². The molecule has 74 valence electrons. The Balaban J connectivity index is 1.85. The van der Waals surface area contributed by atoms with E-state index in [4.69, 9.17) is 0 Å². The molecule has 0 spiro atoms. The second-order valence-electron chi connectivity index (χ2n) is 3.85. The number of allylic oxidation sites excluding steroid dienone is 1. The van der Waals surface area contributed by atoms with Crippen LogP contribution in [-0.4, -0.2) is 30.4 Å². The average molecular weight is 198 g/mol. The van der Waals surface area contributed by atoms with E-state index in [1.54, 1.807) is 4.91 Å². The molecule has 0 aromatic rings. The minimum Gasteiger partial charge on any atom is -0.379 e. The molecule has 0 atom stereocenters. The highest BCUT2D eigenvalue weighted by molar-refractivity contribution is 8.03. The molecule has 0 saturated carbocycles. The van der Waals surface area contributed by atoms with E-state index in [9.17, 15) is 0 Å². The minimum atomic E-state index is 1.08. The van der Waals surface area contributed by atoms with Gasteiger partial charge < -0.3 is 5.32 Å². The van der Waals surface area contributed by atoms with E-state index in [0.29, 0.717) is 0 Å². The van der Waals surface area contributed by atoms with Crippen LogP contribution in [0.4, 0.5) is 0 Å². The van der Waals surface area contributed by atoms with E-state index < -0.39 is 0 Å². The lowest BCUT2D eigenvalue weighted by Gasteiger charge is -2.26. The van der Waals surface area contributed by atoms with Crippen molar-refractivity contribution in [2.24, 2.45) is 0 Å². The predicted octanol–water partition coefficient (Wildman–Crippen LogP) is 2.00. The van der Waals surface area contributed by atoms with Crippen LogP contribution < -0.4 is 5.32 Å². The number of nitrogens with one attached hydrogen (secondary N) is 1. The Morgan fingerprint density at radius 2 is 2.08 bits per heavy atom. The zero-order valence-corrected chi connectivity index (χ0v) is 9.12. The van der Waals surface area contributed by atoms with Gasteiger partial charge in [-0.15, -0.1) is 11.8 Å². The van der Waals surface area contributed by atoms with Crippen LogP contribution >= 0.6 is 11.8 Å². The minimum absolute atomic E-state index is 1.08. The van der Waals surface area contributed by atoms with Crippen LogP contribution in [0.25, 0.3) is 0 Å². The molecule has 2 aliphatic heterocycles. The maximum absolute atomic E-state index is 3.38. The normalized spacial score (nSPS) is 25.0. The first kappa shape index (κ1) is 9.41. The molecule has 2 aliphatic rings. The average Bonchev–Trinajstić information content (AvgIpc) is 2.54. The van der Waals surface area contributed by atoms with Gasteiger partial charge >= 0.3 is 0 Å². The number of rotatable bonds is 2. The molecule has 0 bridgehead atoms. The number of likely N-dealkylation sites (tertiary alicyclic amines) is 1. The van der Waals surface area contributed by atoms with E-state index in [0.717, 1.165) is 5.88 Å². The Kier molecular flexibility index (Phi) is 3.17. The molecule has 0 radical (unpaired) electrons. The highest BCUT2D eigenvalue weighted by Gasteiger charge is 2.16. The van der Waals surface area contributed by atoms with Gasteiger partial charge in [0, 0.05) is 17.1 Å². The van der Waals surface area contributed by atoms with Gasteiger partial charge in [-0.2, -0.15) is 0 Å². The summed E-state index contributed by atoms with van der Waals surface area (Å²) in [6.07, 6.45) is 4.22. The van der Waals surface area contributed by atoms with E-state index in [-0.39, 0.29) is 0 Å². The third-order valence-electron chi connectivity index (χ3n) is 2.82. The fraction of sp³-hybridized carbons (Fsp3) is 0.800. The standard InChI is InChI=1S/C10H18N2S/c1-9-10(13-8-11-9)7-12-5-3-2-4-6-12/h11H,2-8H2,1H3. The molecule has 2 nitrogen and oxygen atoms in total. The van der Waals surface area contributed by atoms with Crippen LogP contribution in [0.2, 0.25) is 0 Å². The van der Waals surface area contributed by atoms with Crippen molar-refractivity contribution in [2.45, 2.75) is 26.2 Å². The maximum atomic E-state index is 3.38. The highest BCUT2D eigenvalue weighted by Crippen LogP contribution is 2.25. The molecular formula is C10H18N2S. The van der Waals surface area contributed by atoms with Gasteiger partial charge in [-0.05, 0) is 32.9 Å². The number of nitrogens with zero attached hydrogens (tertiary/aromatic N) is 1. The Labute approximate surface area is 84.8 Å². The first-order valence-corrected chi connectivity index (χ1v) is 6.13. The Bertz CT molecular complexity index is 207. The molecular weight excluding hydrogens is 180 g/mol. The largest absolute Gasteiger partial charge is 0.379 e. The van der Waals surface area contributed by atoms with E-state index in [1.165, 1.54) is 44.6 Å². The highest BCUT2D eigenvalue weighted by atomic mass is 32.2. The molecule has 1 saturated heterocycles. The van der Waals surface area contributed by atoms with Crippen molar-refractivity contribution in [1.29, 1.82) is 0 Å². The first-order chi connectivity index (χ1) is 6.36. The Morgan fingerprint density at radius 1 is 1.31 bits per heavy atom. The Hall–Kier alpha value is -0.150. The van der Waals surface area contributed by atoms with Crippen LogP contribution in [0.3, 0.4) is 0 Å². The number of hydrogen-bond donors (Lipinski definition) is 1. The number of thioether (sulfide) groups is 1. The van der Waals surface area contributed by atoms with Crippen molar-refractivity contribution in [3.63, 3.8) is 0 Å². The quantitative estimate of drug-likeness (QED) is 0.730. The predicted molar refractivity (Wildman–Crippen MR) is 58.6 cm³/mol. The zero-order valence-electron chi connectivity index (χ0n) is 8.31. The summed E-state index contributed by atoms with van der Waals surface area (Å²) < 4.78 is 0. The van der Waals surface area contributed by atoms with Crippen molar-refractivity contribution < 1.29 is 0 Å². The van der Waals surface area contributed by atoms with Crippen LogP contribution in [-0.2, 0) is 0 Å². The SMILES string of the molecule is CC1=C(CN2CCCCC2)SCN1. The molecule has 13 heavy (non-hydrogen) atoms. The van der Waals surface area contributed by atoms with Gasteiger partial charge in [0.1, 0.15) is 0 Å².